The highest BCUT2D eigenvalue weighted by Crippen LogP contribution is 2.29. The molecule has 1 aromatic rings. The van der Waals surface area contributed by atoms with Gasteiger partial charge in [-0.2, -0.15) is 0 Å². The molecule has 0 amide bonds. The molecule has 1 N–H and O–H groups in total. The second-order valence-electron chi connectivity index (χ2n) is 4.89. The molecule has 0 unspecified atom stereocenters. The van der Waals surface area contributed by atoms with Crippen LogP contribution in [0.2, 0.25) is 0 Å². The van der Waals surface area contributed by atoms with Crippen molar-refractivity contribution >= 4 is 11.8 Å². The summed E-state index contributed by atoms with van der Waals surface area (Å²) >= 11 is 1.77. The lowest BCUT2D eigenvalue weighted by Gasteiger charge is -2.07. The third-order valence-corrected chi connectivity index (χ3v) is 3.94. The minimum absolute atomic E-state index is 0.753. The molecule has 1 aliphatic rings. The fourth-order valence-electron chi connectivity index (χ4n) is 1.76. The van der Waals surface area contributed by atoms with Gasteiger partial charge in [-0.1, -0.05) is 23.9 Å². The normalized spacial score (nSPS) is 14.8. The predicted molar refractivity (Wildman–Crippen MR) is 79.4 cm³/mol. The predicted octanol–water partition coefficient (Wildman–Crippen LogP) is 2.90. The Morgan fingerprint density at radius 1 is 1.37 bits per heavy atom. The van der Waals surface area contributed by atoms with Crippen molar-refractivity contribution in [3.8, 4) is 0 Å². The van der Waals surface area contributed by atoms with E-state index in [4.69, 9.17) is 9.47 Å². The van der Waals surface area contributed by atoms with E-state index < -0.39 is 0 Å². The van der Waals surface area contributed by atoms with Gasteiger partial charge in [-0.3, -0.25) is 0 Å². The number of nitrogens with one attached hydrogen (secondary N) is 1. The van der Waals surface area contributed by atoms with Gasteiger partial charge < -0.3 is 14.8 Å². The van der Waals surface area contributed by atoms with Crippen LogP contribution in [0.15, 0.2) is 29.2 Å². The van der Waals surface area contributed by atoms with E-state index in [1.54, 1.807) is 18.9 Å². The van der Waals surface area contributed by atoms with E-state index in [1.807, 2.05) is 0 Å². The number of methoxy groups -OCH3 is 1. The summed E-state index contributed by atoms with van der Waals surface area (Å²) in [7, 11) is 1.72. The van der Waals surface area contributed by atoms with Crippen LogP contribution in [-0.4, -0.2) is 32.8 Å². The quantitative estimate of drug-likeness (QED) is 0.406. The van der Waals surface area contributed by atoms with E-state index in [1.165, 1.54) is 23.3 Å². The number of thioether (sulfide) groups is 1. The molecule has 2 rings (SSSR count). The number of benzene rings is 1. The Kier molecular flexibility index (Phi) is 6.71. The molecule has 0 saturated heterocycles. The Morgan fingerprint density at radius 2 is 2.26 bits per heavy atom. The van der Waals surface area contributed by atoms with E-state index in [0.717, 1.165) is 38.2 Å². The molecule has 0 aromatic heterocycles. The van der Waals surface area contributed by atoms with Gasteiger partial charge in [0, 0.05) is 25.1 Å². The molecule has 1 fully saturated rings. The van der Waals surface area contributed by atoms with Crippen LogP contribution in [0.5, 0.6) is 0 Å². The molecule has 0 atom stereocenters. The minimum atomic E-state index is 0.753. The third-order valence-electron chi connectivity index (χ3n) is 3.07. The van der Waals surface area contributed by atoms with Crippen molar-refractivity contribution in [1.82, 2.24) is 5.32 Å². The second kappa shape index (κ2) is 8.59. The van der Waals surface area contributed by atoms with E-state index in [9.17, 15) is 0 Å². The van der Waals surface area contributed by atoms with Crippen LogP contribution >= 0.6 is 11.8 Å². The van der Waals surface area contributed by atoms with Crippen LogP contribution in [0.1, 0.15) is 18.4 Å². The zero-order valence-corrected chi connectivity index (χ0v) is 12.4. The maximum absolute atomic E-state index is 5.65. The van der Waals surface area contributed by atoms with Gasteiger partial charge in [0.1, 0.15) is 0 Å². The van der Waals surface area contributed by atoms with Crippen molar-refractivity contribution in [3.63, 3.8) is 0 Å². The Labute approximate surface area is 120 Å². The van der Waals surface area contributed by atoms with Crippen LogP contribution in [0.25, 0.3) is 0 Å². The van der Waals surface area contributed by atoms with E-state index in [2.05, 4.69) is 29.6 Å². The molecule has 19 heavy (non-hydrogen) atoms. The van der Waals surface area contributed by atoms with E-state index in [0.29, 0.717) is 0 Å². The molecule has 0 heterocycles. The lowest BCUT2D eigenvalue weighted by atomic mass is 10.2. The summed E-state index contributed by atoms with van der Waals surface area (Å²) in [6.07, 6.45) is 2.71. The summed E-state index contributed by atoms with van der Waals surface area (Å²) in [5.74, 6) is 1.61. The van der Waals surface area contributed by atoms with Crippen LogP contribution in [-0.2, 0) is 16.0 Å². The van der Waals surface area contributed by atoms with Gasteiger partial charge in [0.05, 0.1) is 19.2 Å². The number of rotatable bonds is 10. The van der Waals surface area contributed by atoms with Crippen molar-refractivity contribution in [1.29, 1.82) is 0 Å². The maximum Gasteiger partial charge on any atom is 0.0967 e. The lowest BCUT2D eigenvalue weighted by Crippen LogP contribution is -2.18. The number of hydrogen-bond acceptors (Lipinski definition) is 4. The summed E-state index contributed by atoms with van der Waals surface area (Å²) in [5, 5.41) is 3.35. The fraction of sp³-hybridized carbons (Fsp3) is 0.600. The van der Waals surface area contributed by atoms with Crippen molar-refractivity contribution < 1.29 is 9.47 Å². The Balaban J connectivity index is 1.64. The molecule has 0 aliphatic heterocycles. The van der Waals surface area contributed by atoms with E-state index in [-0.39, 0.29) is 0 Å². The summed E-state index contributed by atoms with van der Waals surface area (Å²) in [6, 6.07) is 8.63. The Bertz CT molecular complexity index is 369. The molecule has 4 heteroatoms. The van der Waals surface area contributed by atoms with Crippen molar-refractivity contribution in [2.75, 3.05) is 32.8 Å². The van der Waals surface area contributed by atoms with E-state index >= 15 is 0 Å². The molecule has 1 aromatic carbocycles. The molecular weight excluding hydrogens is 258 g/mol. The van der Waals surface area contributed by atoms with Gasteiger partial charge in [-0.05, 0) is 36.5 Å². The minimum Gasteiger partial charge on any atom is -0.383 e. The Hall–Kier alpha value is -0.550. The molecule has 0 spiro atoms. The van der Waals surface area contributed by atoms with Crippen molar-refractivity contribution in [2.45, 2.75) is 24.3 Å². The molecule has 0 bridgehead atoms. The highest BCUT2D eigenvalue weighted by molar-refractivity contribution is 7.99. The summed E-state index contributed by atoms with van der Waals surface area (Å²) in [5.41, 5.74) is 1.31. The van der Waals surface area contributed by atoms with Crippen molar-refractivity contribution in [2.24, 2.45) is 5.92 Å². The smallest absolute Gasteiger partial charge is 0.0967 e. The fourth-order valence-corrected chi connectivity index (χ4v) is 2.49. The van der Waals surface area contributed by atoms with Gasteiger partial charge >= 0.3 is 0 Å². The number of hydrogen-bond donors (Lipinski definition) is 1. The Morgan fingerprint density at radius 3 is 3.05 bits per heavy atom. The maximum atomic E-state index is 5.65. The molecule has 3 nitrogen and oxygen atoms in total. The van der Waals surface area contributed by atoms with Gasteiger partial charge in [0.25, 0.3) is 0 Å². The van der Waals surface area contributed by atoms with Crippen LogP contribution in [0.3, 0.4) is 0 Å². The largest absolute Gasteiger partial charge is 0.383 e. The van der Waals surface area contributed by atoms with Crippen molar-refractivity contribution in [3.05, 3.63) is 29.8 Å². The second-order valence-corrected chi connectivity index (χ2v) is 5.89. The first-order chi connectivity index (χ1) is 9.38. The third kappa shape index (κ3) is 6.43. The summed E-state index contributed by atoms with van der Waals surface area (Å²) in [4.78, 5) is 1.28. The zero-order chi connectivity index (χ0) is 13.3. The average molecular weight is 281 g/mol. The SMILES string of the molecule is COCCNCc1cccc(SCOCC2CC2)c1. The highest BCUT2D eigenvalue weighted by Gasteiger charge is 2.20. The topological polar surface area (TPSA) is 30.5 Å². The van der Waals surface area contributed by atoms with Crippen LogP contribution < -0.4 is 5.32 Å². The monoisotopic (exact) mass is 281 g/mol. The summed E-state index contributed by atoms with van der Waals surface area (Å²) in [6.45, 7) is 3.47. The number of ether oxygens (including phenoxy) is 2. The lowest BCUT2D eigenvalue weighted by molar-refractivity contribution is 0.171. The van der Waals surface area contributed by atoms with Crippen LogP contribution in [0.4, 0.5) is 0 Å². The van der Waals surface area contributed by atoms with Gasteiger partial charge in [-0.25, -0.2) is 0 Å². The highest BCUT2D eigenvalue weighted by atomic mass is 32.2. The summed E-state index contributed by atoms with van der Waals surface area (Å²) < 4.78 is 10.7. The molecule has 0 radical (unpaired) electrons. The molecule has 1 aliphatic carbocycles. The standard InChI is InChI=1S/C15H23NO2S/c1-17-8-7-16-10-14-3-2-4-15(9-14)19-12-18-11-13-5-6-13/h2-4,9,13,16H,5-8,10-12H2,1H3. The first-order valence-electron chi connectivity index (χ1n) is 6.87. The van der Waals surface area contributed by atoms with Gasteiger partial charge in [-0.15, -0.1) is 0 Å². The molecule has 1 saturated carbocycles. The average Bonchev–Trinajstić information content (AvgIpc) is 3.25. The van der Waals surface area contributed by atoms with Gasteiger partial charge in [0.2, 0.25) is 0 Å². The molecule has 106 valence electrons. The first kappa shape index (κ1) is 14.9. The molecular formula is C15H23NO2S. The van der Waals surface area contributed by atoms with Crippen LogP contribution in [0, 0.1) is 5.92 Å². The zero-order valence-electron chi connectivity index (χ0n) is 11.6. The first-order valence-corrected chi connectivity index (χ1v) is 7.86. The van der Waals surface area contributed by atoms with Gasteiger partial charge in [0.15, 0.2) is 0 Å².